The Morgan fingerprint density at radius 1 is 1.47 bits per heavy atom. The Balaban J connectivity index is 2.75. The van der Waals surface area contributed by atoms with Crippen molar-refractivity contribution in [3.63, 3.8) is 0 Å². The average molecular weight is 273 g/mol. The van der Waals surface area contributed by atoms with Crippen LogP contribution in [0.5, 0.6) is 5.75 Å². The summed E-state index contributed by atoms with van der Waals surface area (Å²) in [5.74, 6) is -0.548. The highest BCUT2D eigenvalue weighted by Crippen LogP contribution is 2.30. The van der Waals surface area contributed by atoms with Gasteiger partial charge in [-0.1, -0.05) is 22.0 Å². The molecule has 0 bridgehead atoms. The monoisotopic (exact) mass is 272 g/mol. The minimum atomic E-state index is -0.807. The van der Waals surface area contributed by atoms with Crippen LogP contribution in [0.2, 0.25) is 0 Å². The summed E-state index contributed by atoms with van der Waals surface area (Å²) in [6.45, 7) is 1.82. The van der Waals surface area contributed by atoms with Gasteiger partial charge in [0, 0.05) is 16.5 Å². The molecular weight excluding hydrogens is 260 g/mol. The minimum Gasteiger partial charge on any atom is -0.507 e. The van der Waals surface area contributed by atoms with Crippen LogP contribution in [0.25, 0.3) is 0 Å². The zero-order valence-corrected chi connectivity index (χ0v) is 10.0. The number of carboxylic acid groups (broad SMARTS) is 1. The van der Waals surface area contributed by atoms with Gasteiger partial charge in [0.25, 0.3) is 0 Å². The summed E-state index contributed by atoms with van der Waals surface area (Å²) < 4.78 is 0.830. The number of aromatic hydroxyl groups is 1. The van der Waals surface area contributed by atoms with Crippen LogP contribution in [-0.4, -0.2) is 16.2 Å². The van der Waals surface area contributed by atoms with Crippen LogP contribution in [0.3, 0.4) is 0 Å². The standard InChI is InChI=1S/C11H13BrO3/c1-7-5-6-9(12)8(11(7)15)3-2-4-10(13)14/h5-6,15H,2-4H2,1H3,(H,13,14). The number of benzene rings is 1. The van der Waals surface area contributed by atoms with E-state index in [4.69, 9.17) is 5.11 Å². The van der Waals surface area contributed by atoms with Gasteiger partial charge >= 0.3 is 5.97 Å². The van der Waals surface area contributed by atoms with Crippen molar-refractivity contribution in [1.29, 1.82) is 0 Å². The number of rotatable bonds is 4. The maximum atomic E-state index is 10.4. The third-order valence-electron chi connectivity index (χ3n) is 2.24. The summed E-state index contributed by atoms with van der Waals surface area (Å²) in [6.07, 6.45) is 1.23. The van der Waals surface area contributed by atoms with E-state index in [1.54, 1.807) is 0 Å². The lowest BCUT2D eigenvalue weighted by atomic mass is 10.0. The average Bonchev–Trinajstić information content (AvgIpc) is 2.17. The lowest BCUT2D eigenvalue weighted by Gasteiger charge is -2.08. The summed E-state index contributed by atoms with van der Waals surface area (Å²) >= 11 is 3.34. The molecule has 0 radical (unpaired) electrons. The first-order valence-electron chi connectivity index (χ1n) is 4.71. The van der Waals surface area contributed by atoms with E-state index in [2.05, 4.69) is 15.9 Å². The Bertz CT molecular complexity index is 374. The number of carbonyl (C=O) groups is 1. The van der Waals surface area contributed by atoms with Crippen molar-refractivity contribution in [2.75, 3.05) is 0 Å². The van der Waals surface area contributed by atoms with Gasteiger partial charge in [-0.05, 0) is 31.4 Å². The van der Waals surface area contributed by atoms with Crippen molar-refractivity contribution < 1.29 is 15.0 Å². The van der Waals surface area contributed by atoms with Crippen molar-refractivity contribution in [3.05, 3.63) is 27.7 Å². The van der Waals surface area contributed by atoms with Crippen LogP contribution in [-0.2, 0) is 11.2 Å². The van der Waals surface area contributed by atoms with Gasteiger partial charge in [0.05, 0.1) is 0 Å². The molecule has 1 rings (SSSR count). The van der Waals surface area contributed by atoms with Gasteiger partial charge in [0.15, 0.2) is 0 Å². The molecule has 2 N–H and O–H groups in total. The predicted molar refractivity (Wildman–Crippen MR) is 61.1 cm³/mol. The second-order valence-corrected chi connectivity index (χ2v) is 4.29. The van der Waals surface area contributed by atoms with Crippen LogP contribution < -0.4 is 0 Å². The highest BCUT2D eigenvalue weighted by molar-refractivity contribution is 9.10. The minimum absolute atomic E-state index is 0.125. The summed E-state index contributed by atoms with van der Waals surface area (Å²) in [4.78, 5) is 10.4. The van der Waals surface area contributed by atoms with Crippen molar-refractivity contribution in [2.45, 2.75) is 26.2 Å². The SMILES string of the molecule is Cc1ccc(Br)c(CCCC(=O)O)c1O. The molecule has 0 saturated carbocycles. The molecular formula is C11H13BrO3. The number of phenolic OH excluding ortho intramolecular Hbond substituents is 1. The summed E-state index contributed by atoms with van der Waals surface area (Å²) in [5, 5.41) is 18.3. The molecule has 82 valence electrons. The molecule has 0 amide bonds. The van der Waals surface area contributed by atoms with Crippen LogP contribution in [0.1, 0.15) is 24.0 Å². The molecule has 4 heteroatoms. The molecule has 0 saturated heterocycles. The van der Waals surface area contributed by atoms with Gasteiger partial charge in [-0.25, -0.2) is 0 Å². The van der Waals surface area contributed by atoms with Crippen LogP contribution >= 0.6 is 15.9 Å². The zero-order valence-electron chi connectivity index (χ0n) is 8.46. The van der Waals surface area contributed by atoms with Crippen molar-refractivity contribution in [1.82, 2.24) is 0 Å². The first kappa shape index (κ1) is 12.0. The van der Waals surface area contributed by atoms with E-state index in [0.29, 0.717) is 12.8 Å². The van der Waals surface area contributed by atoms with Gasteiger partial charge in [-0.2, -0.15) is 0 Å². The highest BCUT2D eigenvalue weighted by atomic mass is 79.9. The number of carboxylic acids is 1. The molecule has 3 nitrogen and oxygen atoms in total. The third kappa shape index (κ3) is 3.23. The van der Waals surface area contributed by atoms with Gasteiger partial charge in [-0.15, -0.1) is 0 Å². The van der Waals surface area contributed by atoms with E-state index >= 15 is 0 Å². The Morgan fingerprint density at radius 2 is 2.13 bits per heavy atom. The number of aliphatic carboxylic acids is 1. The Hall–Kier alpha value is -1.03. The van der Waals surface area contributed by atoms with Gasteiger partial charge in [-0.3, -0.25) is 4.79 Å². The molecule has 0 aromatic heterocycles. The van der Waals surface area contributed by atoms with Crippen LogP contribution in [0, 0.1) is 6.92 Å². The van der Waals surface area contributed by atoms with Crippen LogP contribution in [0.15, 0.2) is 16.6 Å². The van der Waals surface area contributed by atoms with E-state index in [-0.39, 0.29) is 12.2 Å². The Labute approximate surface area is 96.9 Å². The molecule has 0 atom stereocenters. The van der Waals surface area contributed by atoms with E-state index in [1.165, 1.54) is 0 Å². The number of halogens is 1. The predicted octanol–water partition coefficient (Wildman–Crippen LogP) is 2.87. The van der Waals surface area contributed by atoms with Gasteiger partial charge in [0.1, 0.15) is 5.75 Å². The molecule has 15 heavy (non-hydrogen) atoms. The maximum absolute atomic E-state index is 10.4. The number of aryl methyl sites for hydroxylation is 1. The molecule has 1 aromatic carbocycles. The smallest absolute Gasteiger partial charge is 0.303 e. The first-order valence-corrected chi connectivity index (χ1v) is 5.50. The number of hydrogen-bond donors (Lipinski definition) is 2. The third-order valence-corrected chi connectivity index (χ3v) is 2.99. The van der Waals surface area contributed by atoms with Crippen LogP contribution in [0.4, 0.5) is 0 Å². The zero-order chi connectivity index (χ0) is 11.4. The fourth-order valence-electron chi connectivity index (χ4n) is 1.38. The number of hydrogen-bond acceptors (Lipinski definition) is 2. The Morgan fingerprint density at radius 3 is 2.73 bits per heavy atom. The largest absolute Gasteiger partial charge is 0.507 e. The lowest BCUT2D eigenvalue weighted by Crippen LogP contribution is -1.97. The highest BCUT2D eigenvalue weighted by Gasteiger charge is 2.09. The fraction of sp³-hybridized carbons (Fsp3) is 0.364. The molecule has 0 unspecified atom stereocenters. The fourth-order valence-corrected chi connectivity index (χ4v) is 1.90. The molecule has 0 fully saturated rings. The topological polar surface area (TPSA) is 57.5 Å². The molecule has 1 aromatic rings. The number of phenols is 1. The van der Waals surface area contributed by atoms with Crippen molar-refractivity contribution in [3.8, 4) is 5.75 Å². The first-order chi connectivity index (χ1) is 7.02. The molecule has 0 aliphatic rings. The van der Waals surface area contributed by atoms with E-state index in [1.807, 2.05) is 19.1 Å². The molecule has 0 aliphatic carbocycles. The van der Waals surface area contributed by atoms with Crippen molar-refractivity contribution >= 4 is 21.9 Å². The quantitative estimate of drug-likeness (QED) is 0.886. The van der Waals surface area contributed by atoms with Gasteiger partial charge in [0.2, 0.25) is 0 Å². The second kappa shape index (κ2) is 5.16. The molecule has 0 heterocycles. The molecule has 0 spiro atoms. The normalized spacial score (nSPS) is 10.3. The van der Waals surface area contributed by atoms with E-state index in [9.17, 15) is 9.90 Å². The Kier molecular flexibility index (Phi) is 4.15. The van der Waals surface area contributed by atoms with E-state index < -0.39 is 5.97 Å². The summed E-state index contributed by atoms with van der Waals surface area (Å²) in [7, 11) is 0. The van der Waals surface area contributed by atoms with Crippen molar-refractivity contribution in [2.24, 2.45) is 0 Å². The van der Waals surface area contributed by atoms with E-state index in [0.717, 1.165) is 15.6 Å². The molecule has 0 aliphatic heterocycles. The summed E-state index contributed by atoms with van der Waals surface area (Å²) in [5.41, 5.74) is 1.60. The lowest BCUT2D eigenvalue weighted by molar-refractivity contribution is -0.137. The maximum Gasteiger partial charge on any atom is 0.303 e. The van der Waals surface area contributed by atoms with Gasteiger partial charge < -0.3 is 10.2 Å². The second-order valence-electron chi connectivity index (χ2n) is 3.44. The summed E-state index contributed by atoms with van der Waals surface area (Å²) in [6, 6.07) is 3.69.